The largest absolute Gasteiger partial charge is 0.352 e. The van der Waals surface area contributed by atoms with E-state index in [9.17, 15) is 4.79 Å². The van der Waals surface area contributed by atoms with Crippen molar-refractivity contribution in [3.8, 4) is 0 Å². The molecular weight excluding hydrogens is 232 g/mol. The Morgan fingerprint density at radius 2 is 2.12 bits per heavy atom. The number of hydrogen-bond donors (Lipinski definition) is 1. The molecule has 1 aliphatic carbocycles. The number of thioether (sulfide) groups is 1. The van der Waals surface area contributed by atoms with E-state index in [2.05, 4.69) is 23.4 Å². The lowest BCUT2D eigenvalue weighted by molar-refractivity contribution is -0.126. The van der Waals surface area contributed by atoms with Gasteiger partial charge in [0.05, 0.1) is 6.04 Å². The highest BCUT2D eigenvalue weighted by atomic mass is 32.2. The second kappa shape index (κ2) is 6.10. The van der Waals surface area contributed by atoms with E-state index in [0.717, 1.165) is 13.1 Å². The van der Waals surface area contributed by atoms with Crippen LogP contribution < -0.4 is 5.32 Å². The molecule has 1 saturated heterocycles. The highest BCUT2D eigenvalue weighted by Gasteiger charge is 2.29. The Morgan fingerprint density at radius 3 is 2.76 bits per heavy atom. The van der Waals surface area contributed by atoms with E-state index in [1.807, 2.05) is 11.8 Å². The summed E-state index contributed by atoms with van der Waals surface area (Å²) in [5, 5.41) is 3.82. The molecule has 2 fully saturated rings. The average molecular weight is 256 g/mol. The predicted molar refractivity (Wildman–Crippen MR) is 73.4 cm³/mol. The van der Waals surface area contributed by atoms with Crippen LogP contribution in [-0.4, -0.2) is 47.5 Å². The molecule has 0 spiro atoms. The predicted octanol–water partition coefficient (Wildman–Crippen LogP) is 1.87. The second-order valence-corrected chi connectivity index (χ2v) is 6.45. The maximum Gasteiger partial charge on any atom is 0.237 e. The lowest BCUT2D eigenvalue weighted by Crippen LogP contribution is -2.47. The standard InChI is InChI=1S/C13H24N2OS/c1-10(13(16)14-11-6-7-11)15-8-4-3-5-12(9-15)17-2/h10-12H,3-9H2,1-2H3,(H,14,16)/t10-,12-/m1/s1. The molecule has 0 aromatic carbocycles. The fourth-order valence-corrected chi connectivity index (χ4v) is 3.13. The molecule has 1 amide bonds. The molecule has 2 atom stereocenters. The van der Waals surface area contributed by atoms with Crippen molar-refractivity contribution in [3.05, 3.63) is 0 Å². The van der Waals surface area contributed by atoms with Crippen molar-refractivity contribution in [1.82, 2.24) is 10.2 Å². The zero-order valence-corrected chi connectivity index (χ0v) is 11.8. The minimum Gasteiger partial charge on any atom is -0.352 e. The highest BCUT2D eigenvalue weighted by molar-refractivity contribution is 7.99. The fraction of sp³-hybridized carbons (Fsp3) is 0.923. The van der Waals surface area contributed by atoms with Crippen molar-refractivity contribution in [2.24, 2.45) is 0 Å². The first kappa shape index (κ1) is 13.2. The van der Waals surface area contributed by atoms with Crippen LogP contribution in [0.2, 0.25) is 0 Å². The highest BCUT2D eigenvalue weighted by Crippen LogP contribution is 2.22. The molecule has 98 valence electrons. The van der Waals surface area contributed by atoms with Gasteiger partial charge in [0.25, 0.3) is 0 Å². The van der Waals surface area contributed by atoms with Crippen LogP contribution in [0, 0.1) is 0 Å². The summed E-state index contributed by atoms with van der Waals surface area (Å²) in [6.07, 6.45) is 8.37. The van der Waals surface area contributed by atoms with Crippen LogP contribution in [0.15, 0.2) is 0 Å². The maximum atomic E-state index is 12.0. The Hall–Kier alpha value is -0.220. The number of amides is 1. The minimum absolute atomic E-state index is 0.0448. The number of nitrogens with zero attached hydrogens (tertiary/aromatic N) is 1. The van der Waals surface area contributed by atoms with Gasteiger partial charge in [0.1, 0.15) is 0 Å². The molecule has 1 N–H and O–H groups in total. The number of carbonyl (C=O) groups excluding carboxylic acids is 1. The van der Waals surface area contributed by atoms with Crippen molar-refractivity contribution in [1.29, 1.82) is 0 Å². The van der Waals surface area contributed by atoms with Gasteiger partial charge >= 0.3 is 0 Å². The number of hydrogen-bond acceptors (Lipinski definition) is 3. The van der Waals surface area contributed by atoms with Gasteiger partial charge in [-0.2, -0.15) is 11.8 Å². The van der Waals surface area contributed by atoms with Gasteiger partial charge in [-0.3, -0.25) is 9.69 Å². The van der Waals surface area contributed by atoms with Crippen LogP contribution in [0.3, 0.4) is 0 Å². The molecule has 0 bridgehead atoms. The smallest absolute Gasteiger partial charge is 0.237 e. The maximum absolute atomic E-state index is 12.0. The molecule has 1 aliphatic heterocycles. The number of carbonyl (C=O) groups is 1. The third kappa shape index (κ3) is 3.88. The third-order valence-electron chi connectivity index (χ3n) is 3.84. The molecule has 0 radical (unpaired) electrons. The Bertz CT molecular complexity index is 268. The van der Waals surface area contributed by atoms with Crippen molar-refractivity contribution < 1.29 is 4.79 Å². The van der Waals surface area contributed by atoms with Crippen molar-refractivity contribution in [2.45, 2.75) is 56.4 Å². The fourth-order valence-electron chi connectivity index (χ4n) is 2.39. The normalized spacial score (nSPS) is 28.5. The van der Waals surface area contributed by atoms with Gasteiger partial charge in [-0.05, 0) is 45.4 Å². The summed E-state index contributed by atoms with van der Waals surface area (Å²) >= 11 is 1.94. The van der Waals surface area contributed by atoms with Gasteiger partial charge in [0.15, 0.2) is 0 Å². The lowest BCUT2D eigenvalue weighted by atomic mass is 10.2. The molecule has 4 heteroatoms. The number of rotatable bonds is 4. The molecule has 0 aromatic rings. The van der Waals surface area contributed by atoms with Crippen molar-refractivity contribution in [3.63, 3.8) is 0 Å². The first-order valence-electron chi connectivity index (χ1n) is 6.78. The van der Waals surface area contributed by atoms with E-state index in [0.29, 0.717) is 11.3 Å². The molecule has 17 heavy (non-hydrogen) atoms. The molecule has 3 nitrogen and oxygen atoms in total. The zero-order valence-electron chi connectivity index (χ0n) is 10.9. The summed E-state index contributed by atoms with van der Waals surface area (Å²) in [5.41, 5.74) is 0. The van der Waals surface area contributed by atoms with E-state index >= 15 is 0 Å². The summed E-state index contributed by atoms with van der Waals surface area (Å²) in [6, 6.07) is 0.525. The van der Waals surface area contributed by atoms with E-state index in [1.165, 1.54) is 32.1 Å². The van der Waals surface area contributed by atoms with Crippen LogP contribution in [0.4, 0.5) is 0 Å². The monoisotopic (exact) mass is 256 g/mol. The van der Waals surface area contributed by atoms with Crippen molar-refractivity contribution >= 4 is 17.7 Å². The number of nitrogens with one attached hydrogen (secondary N) is 1. The summed E-state index contributed by atoms with van der Waals surface area (Å²) in [5.74, 6) is 0.231. The Morgan fingerprint density at radius 1 is 1.35 bits per heavy atom. The molecule has 2 rings (SSSR count). The topological polar surface area (TPSA) is 32.3 Å². The van der Waals surface area contributed by atoms with E-state index in [4.69, 9.17) is 0 Å². The average Bonchev–Trinajstić information content (AvgIpc) is 3.13. The van der Waals surface area contributed by atoms with Crippen LogP contribution >= 0.6 is 11.8 Å². The summed E-state index contributed by atoms with van der Waals surface area (Å²) in [7, 11) is 0. The van der Waals surface area contributed by atoms with E-state index in [-0.39, 0.29) is 11.9 Å². The Balaban J connectivity index is 1.86. The number of likely N-dealkylation sites (tertiary alicyclic amines) is 1. The SMILES string of the molecule is CS[C@@H]1CCCCN([C@H](C)C(=O)NC2CC2)C1. The van der Waals surface area contributed by atoms with Gasteiger partial charge < -0.3 is 5.32 Å². The summed E-state index contributed by atoms with van der Waals surface area (Å²) in [6.45, 7) is 4.21. The van der Waals surface area contributed by atoms with E-state index in [1.54, 1.807) is 0 Å². The first-order chi connectivity index (χ1) is 8.20. The quantitative estimate of drug-likeness (QED) is 0.833. The van der Waals surface area contributed by atoms with Crippen LogP contribution in [-0.2, 0) is 4.79 Å². The molecule has 0 unspecified atom stereocenters. The molecule has 2 aliphatic rings. The lowest BCUT2D eigenvalue weighted by Gasteiger charge is -2.28. The van der Waals surface area contributed by atoms with Gasteiger partial charge in [-0.15, -0.1) is 0 Å². The second-order valence-electron chi connectivity index (χ2n) is 5.31. The Labute approximate surface area is 109 Å². The van der Waals surface area contributed by atoms with E-state index < -0.39 is 0 Å². The van der Waals surface area contributed by atoms with Gasteiger partial charge in [-0.1, -0.05) is 6.42 Å². The first-order valence-corrected chi connectivity index (χ1v) is 8.06. The molecule has 1 saturated carbocycles. The van der Waals surface area contributed by atoms with Crippen molar-refractivity contribution in [2.75, 3.05) is 19.3 Å². The molecule has 1 heterocycles. The summed E-state index contributed by atoms with van der Waals surface area (Å²) in [4.78, 5) is 14.4. The zero-order chi connectivity index (χ0) is 12.3. The minimum atomic E-state index is 0.0448. The molecule has 0 aromatic heterocycles. The van der Waals surface area contributed by atoms with Crippen LogP contribution in [0.25, 0.3) is 0 Å². The third-order valence-corrected chi connectivity index (χ3v) is 4.90. The van der Waals surface area contributed by atoms with Crippen LogP contribution in [0.1, 0.15) is 39.0 Å². The van der Waals surface area contributed by atoms with Gasteiger partial charge in [0, 0.05) is 17.8 Å². The van der Waals surface area contributed by atoms with Gasteiger partial charge in [-0.25, -0.2) is 0 Å². The molecular formula is C13H24N2OS. The Kier molecular flexibility index (Phi) is 4.74. The summed E-state index contributed by atoms with van der Waals surface area (Å²) < 4.78 is 0. The van der Waals surface area contributed by atoms with Crippen LogP contribution in [0.5, 0.6) is 0 Å². The van der Waals surface area contributed by atoms with Gasteiger partial charge in [0.2, 0.25) is 5.91 Å².